The van der Waals surface area contributed by atoms with Crippen molar-refractivity contribution in [1.29, 1.82) is 0 Å². The quantitative estimate of drug-likeness (QED) is 0.678. The monoisotopic (exact) mass is 286 g/mol. The predicted octanol–water partition coefficient (Wildman–Crippen LogP) is 3.14. The highest BCUT2D eigenvalue weighted by atomic mass is 16.5. The average Bonchev–Trinajstić information content (AvgIpc) is 2.92. The van der Waals surface area contributed by atoms with Gasteiger partial charge in [-0.1, -0.05) is 0 Å². The van der Waals surface area contributed by atoms with Crippen LogP contribution in [0, 0.1) is 6.92 Å². The molecule has 0 bridgehead atoms. The van der Waals surface area contributed by atoms with E-state index in [0.29, 0.717) is 23.6 Å². The SMILES string of the molecule is CCOc1ccc(C(=O)NN=C(C)c2ccc(C)o2)cc1. The number of carbonyl (C=O) groups is 1. The number of furan rings is 1. The number of amides is 1. The van der Waals surface area contributed by atoms with E-state index >= 15 is 0 Å². The maximum Gasteiger partial charge on any atom is 0.271 e. The maximum absolute atomic E-state index is 12.0. The molecule has 0 aliphatic heterocycles. The first kappa shape index (κ1) is 14.8. The van der Waals surface area contributed by atoms with Crippen molar-refractivity contribution in [1.82, 2.24) is 5.43 Å². The van der Waals surface area contributed by atoms with Crippen molar-refractivity contribution in [3.8, 4) is 5.75 Å². The zero-order valence-corrected chi connectivity index (χ0v) is 12.3. The second-order valence-corrected chi connectivity index (χ2v) is 4.51. The predicted molar refractivity (Wildman–Crippen MR) is 80.7 cm³/mol. The second kappa shape index (κ2) is 6.74. The second-order valence-electron chi connectivity index (χ2n) is 4.51. The molecule has 1 aromatic carbocycles. The molecule has 5 heteroatoms. The fourth-order valence-electron chi connectivity index (χ4n) is 1.75. The first-order chi connectivity index (χ1) is 10.1. The van der Waals surface area contributed by atoms with Crippen LogP contribution >= 0.6 is 0 Å². The van der Waals surface area contributed by atoms with Crippen LogP contribution in [-0.4, -0.2) is 18.2 Å². The molecule has 21 heavy (non-hydrogen) atoms. The molecule has 0 radical (unpaired) electrons. The van der Waals surface area contributed by atoms with Gasteiger partial charge in [-0.05, 0) is 57.2 Å². The molecule has 1 heterocycles. The van der Waals surface area contributed by atoms with Gasteiger partial charge in [-0.25, -0.2) is 5.43 Å². The third-order valence-electron chi connectivity index (χ3n) is 2.85. The molecule has 110 valence electrons. The van der Waals surface area contributed by atoms with E-state index in [1.165, 1.54) is 0 Å². The normalized spacial score (nSPS) is 11.3. The first-order valence-electron chi connectivity index (χ1n) is 6.74. The fraction of sp³-hybridized carbons (Fsp3) is 0.250. The van der Waals surface area contributed by atoms with E-state index in [1.807, 2.05) is 26.0 Å². The number of aryl methyl sites for hydroxylation is 1. The van der Waals surface area contributed by atoms with Gasteiger partial charge in [-0.15, -0.1) is 0 Å². The van der Waals surface area contributed by atoms with Crippen LogP contribution in [-0.2, 0) is 0 Å². The Balaban J connectivity index is 2.00. The van der Waals surface area contributed by atoms with Gasteiger partial charge in [0, 0.05) is 5.56 Å². The van der Waals surface area contributed by atoms with Crippen LogP contribution in [0.2, 0.25) is 0 Å². The molecule has 1 amide bonds. The first-order valence-corrected chi connectivity index (χ1v) is 6.74. The minimum atomic E-state index is -0.277. The number of rotatable bonds is 5. The number of hydrazone groups is 1. The van der Waals surface area contributed by atoms with E-state index in [4.69, 9.17) is 9.15 Å². The third kappa shape index (κ3) is 3.95. The van der Waals surface area contributed by atoms with E-state index in [2.05, 4.69) is 10.5 Å². The smallest absolute Gasteiger partial charge is 0.271 e. The zero-order chi connectivity index (χ0) is 15.2. The van der Waals surface area contributed by atoms with Crippen LogP contribution in [0.1, 0.15) is 35.7 Å². The molecule has 1 N–H and O–H groups in total. The van der Waals surface area contributed by atoms with Crippen LogP contribution < -0.4 is 10.2 Å². The Morgan fingerprint density at radius 3 is 2.52 bits per heavy atom. The number of nitrogens with zero attached hydrogens (tertiary/aromatic N) is 1. The number of hydrogen-bond acceptors (Lipinski definition) is 4. The highest BCUT2D eigenvalue weighted by Crippen LogP contribution is 2.12. The molecule has 0 saturated heterocycles. The Labute approximate surface area is 123 Å². The molecule has 0 atom stereocenters. The van der Waals surface area contributed by atoms with E-state index in [-0.39, 0.29) is 5.91 Å². The lowest BCUT2D eigenvalue weighted by molar-refractivity contribution is 0.0955. The van der Waals surface area contributed by atoms with Crippen molar-refractivity contribution >= 4 is 11.6 Å². The summed E-state index contributed by atoms with van der Waals surface area (Å²) < 4.78 is 10.8. The van der Waals surface area contributed by atoms with Crippen molar-refractivity contribution in [3.05, 3.63) is 53.5 Å². The summed E-state index contributed by atoms with van der Waals surface area (Å²) in [6.45, 7) is 6.14. The highest BCUT2D eigenvalue weighted by molar-refractivity contribution is 5.99. The summed E-state index contributed by atoms with van der Waals surface area (Å²) in [6, 6.07) is 10.6. The minimum absolute atomic E-state index is 0.277. The molecule has 2 rings (SSSR count). The van der Waals surface area contributed by atoms with Crippen molar-refractivity contribution in [2.75, 3.05) is 6.61 Å². The van der Waals surface area contributed by atoms with Crippen molar-refractivity contribution < 1.29 is 13.9 Å². The van der Waals surface area contributed by atoms with Crippen molar-refractivity contribution in [3.63, 3.8) is 0 Å². The molecule has 0 unspecified atom stereocenters. The van der Waals surface area contributed by atoms with Crippen LogP contribution in [0.3, 0.4) is 0 Å². The number of nitrogens with one attached hydrogen (secondary N) is 1. The van der Waals surface area contributed by atoms with Gasteiger partial charge in [0.05, 0.1) is 6.61 Å². The van der Waals surface area contributed by atoms with Gasteiger partial charge >= 0.3 is 0 Å². The molecular formula is C16H18N2O3. The summed E-state index contributed by atoms with van der Waals surface area (Å²) in [4.78, 5) is 12.0. The summed E-state index contributed by atoms with van der Waals surface area (Å²) in [5.74, 6) is 1.90. The van der Waals surface area contributed by atoms with E-state index in [0.717, 1.165) is 11.5 Å². The zero-order valence-electron chi connectivity index (χ0n) is 12.3. The Morgan fingerprint density at radius 2 is 1.95 bits per heavy atom. The van der Waals surface area contributed by atoms with Gasteiger partial charge in [-0.2, -0.15) is 5.10 Å². The van der Waals surface area contributed by atoms with E-state index in [9.17, 15) is 4.79 Å². The topological polar surface area (TPSA) is 63.8 Å². The lowest BCUT2D eigenvalue weighted by Gasteiger charge is -2.04. The van der Waals surface area contributed by atoms with Gasteiger partial charge in [-0.3, -0.25) is 4.79 Å². The fourth-order valence-corrected chi connectivity index (χ4v) is 1.75. The highest BCUT2D eigenvalue weighted by Gasteiger charge is 2.06. The van der Waals surface area contributed by atoms with Gasteiger partial charge < -0.3 is 9.15 Å². The van der Waals surface area contributed by atoms with Crippen LogP contribution in [0.5, 0.6) is 5.75 Å². The molecular weight excluding hydrogens is 268 g/mol. The number of ether oxygens (including phenoxy) is 1. The van der Waals surface area contributed by atoms with E-state index in [1.54, 1.807) is 31.2 Å². The van der Waals surface area contributed by atoms with Gasteiger partial charge in [0.15, 0.2) is 0 Å². The largest absolute Gasteiger partial charge is 0.494 e. The Morgan fingerprint density at radius 1 is 1.24 bits per heavy atom. The summed E-state index contributed by atoms with van der Waals surface area (Å²) in [7, 11) is 0. The van der Waals surface area contributed by atoms with Gasteiger partial charge in [0.1, 0.15) is 23.0 Å². The number of hydrogen-bond donors (Lipinski definition) is 1. The summed E-state index contributed by atoms with van der Waals surface area (Å²) in [6.07, 6.45) is 0. The van der Waals surface area contributed by atoms with Crippen molar-refractivity contribution in [2.24, 2.45) is 5.10 Å². The summed E-state index contributed by atoms with van der Waals surface area (Å²) >= 11 is 0. The molecule has 2 aromatic rings. The van der Waals surface area contributed by atoms with Gasteiger partial charge in [0.2, 0.25) is 0 Å². The molecule has 0 fully saturated rings. The lowest BCUT2D eigenvalue weighted by atomic mass is 10.2. The van der Waals surface area contributed by atoms with Crippen LogP contribution in [0.15, 0.2) is 45.9 Å². The minimum Gasteiger partial charge on any atom is -0.494 e. The van der Waals surface area contributed by atoms with E-state index < -0.39 is 0 Å². The van der Waals surface area contributed by atoms with Crippen LogP contribution in [0.4, 0.5) is 0 Å². The molecule has 1 aromatic heterocycles. The summed E-state index contributed by atoms with van der Waals surface area (Å²) in [5, 5.41) is 4.03. The molecule has 0 saturated carbocycles. The third-order valence-corrected chi connectivity index (χ3v) is 2.85. The van der Waals surface area contributed by atoms with Gasteiger partial charge in [0.25, 0.3) is 5.91 Å². The average molecular weight is 286 g/mol. The summed E-state index contributed by atoms with van der Waals surface area (Å²) in [5.41, 5.74) is 3.64. The maximum atomic E-state index is 12.0. The molecule has 0 aliphatic rings. The Bertz CT molecular complexity index is 642. The molecule has 0 aliphatic carbocycles. The van der Waals surface area contributed by atoms with Crippen LogP contribution in [0.25, 0.3) is 0 Å². The molecule has 0 spiro atoms. The number of benzene rings is 1. The van der Waals surface area contributed by atoms with Crippen molar-refractivity contribution in [2.45, 2.75) is 20.8 Å². The Kier molecular flexibility index (Phi) is 4.77. The Hall–Kier alpha value is -2.56. The molecule has 5 nitrogen and oxygen atoms in total. The lowest BCUT2D eigenvalue weighted by Crippen LogP contribution is -2.19. The number of carbonyl (C=O) groups excluding carboxylic acids is 1. The standard InChI is InChI=1S/C16H18N2O3/c1-4-20-14-8-6-13(7-9-14)16(19)18-17-12(3)15-10-5-11(2)21-15/h5-10H,4H2,1-3H3,(H,18,19).